The third kappa shape index (κ3) is 4.03. The van der Waals surface area contributed by atoms with Gasteiger partial charge in [-0.15, -0.1) is 0 Å². The Morgan fingerprint density at radius 1 is 1.05 bits per heavy atom. The molecule has 0 aromatic heterocycles. The molecule has 0 aliphatic carbocycles. The molecule has 1 fully saturated rings. The summed E-state index contributed by atoms with van der Waals surface area (Å²) in [5.74, 6) is 0.764. The maximum Gasteiger partial charge on any atom is 0.457 e. The highest BCUT2D eigenvalue weighted by molar-refractivity contribution is 6.45. The molecule has 1 aliphatic heterocycles. The zero-order chi connectivity index (χ0) is 16.2. The molecule has 0 spiro atoms. The molecule has 1 aromatic rings. The van der Waals surface area contributed by atoms with Gasteiger partial charge in [0.15, 0.2) is 0 Å². The summed E-state index contributed by atoms with van der Waals surface area (Å²) in [6.07, 6.45) is 2.79. The maximum atomic E-state index is 9.25. The minimum Gasteiger partial charge on any atom is -0.493 e. The average molecular weight is 306 g/mol. The summed E-state index contributed by atoms with van der Waals surface area (Å²) in [4.78, 5) is 0. The van der Waals surface area contributed by atoms with Crippen molar-refractivity contribution >= 4 is 7.12 Å². The van der Waals surface area contributed by atoms with E-state index in [1.54, 1.807) is 0 Å². The first-order valence-corrected chi connectivity index (χ1v) is 8.03. The van der Waals surface area contributed by atoms with Gasteiger partial charge >= 0.3 is 7.12 Å². The lowest BCUT2D eigenvalue weighted by molar-refractivity contribution is 0.00578. The van der Waals surface area contributed by atoms with Crippen molar-refractivity contribution in [3.63, 3.8) is 0 Å². The van der Waals surface area contributed by atoms with Gasteiger partial charge in [0.1, 0.15) is 5.75 Å². The van der Waals surface area contributed by atoms with Crippen LogP contribution >= 0.6 is 0 Å². The van der Waals surface area contributed by atoms with E-state index in [0.717, 1.165) is 30.5 Å². The van der Waals surface area contributed by atoms with Crippen LogP contribution in [0.1, 0.15) is 46.1 Å². The summed E-state index contributed by atoms with van der Waals surface area (Å²) in [7, 11) is -0.130. The van der Waals surface area contributed by atoms with Gasteiger partial charge in [-0.05, 0) is 46.5 Å². The molecule has 1 heterocycles. The Labute approximate surface area is 133 Å². The summed E-state index contributed by atoms with van der Waals surface area (Å²) in [6.45, 7) is 8.92. The van der Waals surface area contributed by atoms with Gasteiger partial charge in [-0.25, -0.2) is 0 Å². The molecule has 22 heavy (non-hydrogen) atoms. The van der Waals surface area contributed by atoms with Crippen molar-refractivity contribution in [2.24, 2.45) is 0 Å². The zero-order valence-corrected chi connectivity index (χ0v) is 14.1. The van der Waals surface area contributed by atoms with Gasteiger partial charge in [0.25, 0.3) is 0 Å². The number of ether oxygens (including phenoxy) is 1. The fourth-order valence-electron chi connectivity index (χ4n) is 2.45. The molecule has 5 heteroatoms. The Balaban J connectivity index is 1.68. The van der Waals surface area contributed by atoms with Crippen LogP contribution in [0.15, 0.2) is 24.3 Å². The molecule has 1 N–H and O–H groups in total. The summed E-state index contributed by atoms with van der Waals surface area (Å²) in [6, 6.07) is 7.58. The largest absolute Gasteiger partial charge is 0.493 e. The number of para-hydroxylation sites is 1. The summed E-state index contributed by atoms with van der Waals surface area (Å²) in [5.41, 5.74) is 0.316. The third-order valence-electron chi connectivity index (χ3n) is 4.54. The van der Waals surface area contributed by atoms with E-state index in [4.69, 9.17) is 14.0 Å². The van der Waals surface area contributed by atoms with Gasteiger partial charge in [0.2, 0.25) is 0 Å². The van der Waals surface area contributed by atoms with Crippen LogP contribution in [0.3, 0.4) is 0 Å². The third-order valence-corrected chi connectivity index (χ3v) is 4.54. The molecule has 122 valence electrons. The average Bonchev–Trinajstić information content (AvgIpc) is 2.66. The lowest BCUT2D eigenvalue weighted by atomic mass is 9.82. The van der Waals surface area contributed by atoms with E-state index >= 15 is 0 Å². The van der Waals surface area contributed by atoms with Gasteiger partial charge in [-0.1, -0.05) is 24.6 Å². The second kappa shape index (κ2) is 7.03. The van der Waals surface area contributed by atoms with E-state index in [1.165, 1.54) is 0 Å². The van der Waals surface area contributed by atoms with Gasteiger partial charge in [0, 0.05) is 5.56 Å². The summed E-state index contributed by atoms with van der Waals surface area (Å²) in [5, 5.41) is 9.25. The van der Waals surface area contributed by atoms with E-state index in [0.29, 0.717) is 6.61 Å². The van der Waals surface area contributed by atoms with E-state index < -0.39 is 0 Å². The fourth-order valence-corrected chi connectivity index (χ4v) is 2.45. The van der Waals surface area contributed by atoms with Crippen molar-refractivity contribution < 1.29 is 19.2 Å². The Morgan fingerprint density at radius 3 is 2.32 bits per heavy atom. The monoisotopic (exact) mass is 306 g/mol. The highest BCUT2D eigenvalue weighted by Gasteiger charge is 2.50. The number of benzene rings is 1. The molecule has 1 saturated heterocycles. The highest BCUT2D eigenvalue weighted by Crippen LogP contribution is 2.38. The second-order valence-corrected chi connectivity index (χ2v) is 6.80. The number of rotatable bonds is 7. The number of hydrogen-bond acceptors (Lipinski definition) is 4. The summed E-state index contributed by atoms with van der Waals surface area (Å²) < 4.78 is 17.7. The van der Waals surface area contributed by atoms with Crippen LogP contribution in [-0.4, -0.2) is 30.0 Å². The van der Waals surface area contributed by atoms with Crippen molar-refractivity contribution in [2.75, 3.05) is 6.61 Å². The first-order valence-electron chi connectivity index (χ1n) is 8.03. The van der Waals surface area contributed by atoms with Crippen LogP contribution in [0.25, 0.3) is 0 Å². The van der Waals surface area contributed by atoms with Gasteiger partial charge in [0.05, 0.1) is 24.4 Å². The first kappa shape index (κ1) is 17.3. The van der Waals surface area contributed by atoms with Crippen LogP contribution < -0.4 is 4.74 Å². The fraction of sp³-hybridized carbons (Fsp3) is 0.647. The Hall–Kier alpha value is -1.04. The molecule has 4 nitrogen and oxygen atoms in total. The van der Waals surface area contributed by atoms with Crippen LogP contribution in [0, 0.1) is 0 Å². The lowest BCUT2D eigenvalue weighted by Crippen LogP contribution is -2.41. The van der Waals surface area contributed by atoms with Gasteiger partial charge in [-0.3, -0.25) is 0 Å². The van der Waals surface area contributed by atoms with Crippen LogP contribution in [0.4, 0.5) is 0 Å². The van der Waals surface area contributed by atoms with Crippen LogP contribution in [0.2, 0.25) is 6.32 Å². The summed E-state index contributed by atoms with van der Waals surface area (Å²) >= 11 is 0. The molecular weight excluding hydrogens is 279 g/mol. The Kier molecular flexibility index (Phi) is 5.53. The van der Waals surface area contributed by atoms with Gasteiger partial charge in [-0.2, -0.15) is 0 Å². The smallest absolute Gasteiger partial charge is 0.457 e. The predicted molar refractivity (Wildman–Crippen MR) is 88.0 cm³/mol. The number of aliphatic hydroxyl groups excluding tert-OH is 1. The molecule has 0 atom stereocenters. The molecule has 0 unspecified atom stereocenters. The molecule has 0 saturated carbocycles. The van der Waals surface area contributed by atoms with Crippen molar-refractivity contribution in [1.29, 1.82) is 0 Å². The molecule has 1 aliphatic rings. The van der Waals surface area contributed by atoms with E-state index in [2.05, 4.69) is 27.7 Å². The number of unbranched alkanes of at least 4 members (excludes halogenated alkanes) is 1. The molecule has 0 bridgehead atoms. The Bertz CT molecular complexity index is 471. The van der Waals surface area contributed by atoms with Gasteiger partial charge < -0.3 is 19.2 Å². The Morgan fingerprint density at radius 2 is 1.68 bits per heavy atom. The van der Waals surface area contributed by atoms with E-state index in [9.17, 15) is 5.11 Å². The van der Waals surface area contributed by atoms with E-state index in [1.807, 2.05) is 24.3 Å². The number of aliphatic hydroxyl groups is 1. The molecule has 0 amide bonds. The lowest BCUT2D eigenvalue weighted by Gasteiger charge is -2.32. The second-order valence-electron chi connectivity index (χ2n) is 6.80. The van der Waals surface area contributed by atoms with Crippen molar-refractivity contribution in [3.05, 3.63) is 29.8 Å². The quantitative estimate of drug-likeness (QED) is 0.619. The van der Waals surface area contributed by atoms with Crippen molar-refractivity contribution in [3.8, 4) is 5.75 Å². The normalized spacial score (nSPS) is 19.4. The topological polar surface area (TPSA) is 47.9 Å². The maximum absolute atomic E-state index is 9.25. The SMILES string of the molecule is CC1(C)OB(CCCCOc2ccccc2CO)OC1(C)C. The first-order chi connectivity index (χ1) is 10.4. The minimum atomic E-state index is -0.256. The van der Waals surface area contributed by atoms with E-state index in [-0.39, 0.29) is 24.9 Å². The molecule has 0 radical (unpaired) electrons. The molecule has 1 aromatic carbocycles. The molecule has 2 rings (SSSR count). The minimum absolute atomic E-state index is 0.00406. The zero-order valence-electron chi connectivity index (χ0n) is 14.1. The predicted octanol–water partition coefficient (Wildman–Crippen LogP) is 3.43. The van der Waals surface area contributed by atoms with Crippen molar-refractivity contribution in [2.45, 2.75) is 64.7 Å². The van der Waals surface area contributed by atoms with Crippen LogP contribution in [-0.2, 0) is 15.9 Å². The standard InChI is InChI=1S/C17H27BO4/c1-16(2)17(3,4)22-18(21-16)11-7-8-12-20-15-10-6-5-9-14(15)13-19/h5-6,9-10,19H,7-8,11-13H2,1-4H3. The van der Waals surface area contributed by atoms with Crippen LogP contribution in [0.5, 0.6) is 5.75 Å². The highest BCUT2D eigenvalue weighted by atomic mass is 16.7. The number of hydrogen-bond donors (Lipinski definition) is 1. The molecular formula is C17H27BO4. The van der Waals surface area contributed by atoms with Crippen molar-refractivity contribution in [1.82, 2.24) is 0 Å².